The minimum atomic E-state index is 0.644. The maximum atomic E-state index is 5.91. The number of rotatable bonds is 3. The number of oxime groups is 1. The summed E-state index contributed by atoms with van der Waals surface area (Å²) in [4.78, 5) is 5.31. The first-order chi connectivity index (χ1) is 8.65. The van der Waals surface area contributed by atoms with Crippen molar-refractivity contribution >= 4 is 23.0 Å². The molecule has 0 bridgehead atoms. The zero-order chi connectivity index (χ0) is 13.0. The van der Waals surface area contributed by atoms with Gasteiger partial charge >= 0.3 is 0 Å². The van der Waals surface area contributed by atoms with Gasteiger partial charge < -0.3 is 10.6 Å². The van der Waals surface area contributed by atoms with Gasteiger partial charge in [0.05, 0.1) is 5.71 Å². The Bertz CT molecular complexity index is 564. The molecule has 3 nitrogen and oxygen atoms in total. The number of benzene rings is 2. The van der Waals surface area contributed by atoms with E-state index in [0.29, 0.717) is 16.5 Å². The van der Waals surface area contributed by atoms with Gasteiger partial charge in [-0.3, -0.25) is 0 Å². The molecule has 2 rings (SSSR count). The molecule has 0 aliphatic rings. The molecule has 0 radical (unpaired) electrons. The van der Waals surface area contributed by atoms with Crippen molar-refractivity contribution in [2.45, 2.75) is 6.92 Å². The van der Waals surface area contributed by atoms with Gasteiger partial charge in [-0.1, -0.05) is 28.9 Å². The van der Waals surface area contributed by atoms with E-state index in [1.165, 1.54) is 0 Å². The summed E-state index contributed by atoms with van der Waals surface area (Å²) >= 11 is 5.91. The number of halogens is 1. The maximum absolute atomic E-state index is 5.91. The Labute approximate surface area is 111 Å². The molecule has 18 heavy (non-hydrogen) atoms. The van der Waals surface area contributed by atoms with E-state index in [1.807, 2.05) is 31.2 Å². The molecule has 0 saturated carbocycles. The monoisotopic (exact) mass is 260 g/mol. The molecule has 0 saturated heterocycles. The molecule has 2 aromatic rings. The van der Waals surface area contributed by atoms with Crippen molar-refractivity contribution in [2.75, 3.05) is 5.73 Å². The Morgan fingerprint density at radius 2 is 1.89 bits per heavy atom. The van der Waals surface area contributed by atoms with Crippen LogP contribution in [0.5, 0.6) is 5.75 Å². The van der Waals surface area contributed by atoms with Gasteiger partial charge in [-0.25, -0.2) is 0 Å². The first-order valence-electron chi connectivity index (χ1n) is 5.48. The van der Waals surface area contributed by atoms with Crippen LogP contribution in [0.4, 0.5) is 5.69 Å². The second-order valence-corrected chi connectivity index (χ2v) is 4.28. The highest BCUT2D eigenvalue weighted by molar-refractivity contribution is 6.31. The van der Waals surface area contributed by atoms with E-state index in [9.17, 15) is 0 Å². The molecular weight excluding hydrogens is 248 g/mol. The smallest absolute Gasteiger partial charge is 0.158 e. The summed E-state index contributed by atoms with van der Waals surface area (Å²) in [5.74, 6) is 0.644. The fourth-order valence-electron chi connectivity index (χ4n) is 1.42. The molecule has 0 aliphatic carbocycles. The van der Waals surface area contributed by atoms with Gasteiger partial charge in [0.25, 0.3) is 0 Å². The number of hydrogen-bond acceptors (Lipinski definition) is 3. The predicted octanol–water partition coefficient (Wildman–Crippen LogP) is 3.73. The van der Waals surface area contributed by atoms with Crippen LogP contribution in [0.15, 0.2) is 53.7 Å². The average Bonchev–Trinajstić information content (AvgIpc) is 2.38. The van der Waals surface area contributed by atoms with Gasteiger partial charge in [0.1, 0.15) is 0 Å². The molecule has 0 fully saturated rings. The molecule has 0 amide bonds. The van der Waals surface area contributed by atoms with Crippen molar-refractivity contribution in [3.8, 4) is 5.75 Å². The first kappa shape index (κ1) is 12.5. The number of hydrogen-bond donors (Lipinski definition) is 1. The van der Waals surface area contributed by atoms with Crippen molar-refractivity contribution in [2.24, 2.45) is 5.16 Å². The fraction of sp³-hybridized carbons (Fsp3) is 0.0714. The van der Waals surface area contributed by atoms with E-state index in [1.54, 1.807) is 24.3 Å². The van der Waals surface area contributed by atoms with Gasteiger partial charge in [-0.05, 0) is 43.3 Å². The highest BCUT2D eigenvalue weighted by atomic mass is 35.5. The van der Waals surface area contributed by atoms with Gasteiger partial charge in [0.15, 0.2) is 5.75 Å². The van der Waals surface area contributed by atoms with E-state index in [-0.39, 0.29) is 0 Å². The lowest BCUT2D eigenvalue weighted by Gasteiger charge is -2.02. The predicted molar refractivity (Wildman–Crippen MR) is 75.1 cm³/mol. The summed E-state index contributed by atoms with van der Waals surface area (Å²) in [7, 11) is 0. The van der Waals surface area contributed by atoms with Crippen LogP contribution in [0, 0.1) is 0 Å². The molecule has 4 heteroatoms. The Hall–Kier alpha value is -2.00. The van der Waals surface area contributed by atoms with E-state index >= 15 is 0 Å². The topological polar surface area (TPSA) is 47.6 Å². The van der Waals surface area contributed by atoms with Gasteiger partial charge in [-0.15, -0.1) is 0 Å². The molecule has 0 unspecified atom stereocenters. The van der Waals surface area contributed by atoms with Crippen LogP contribution in [-0.4, -0.2) is 5.71 Å². The lowest BCUT2D eigenvalue weighted by molar-refractivity contribution is 0.341. The Morgan fingerprint density at radius 1 is 1.17 bits per heavy atom. The molecule has 0 aromatic heterocycles. The lowest BCUT2D eigenvalue weighted by atomic mass is 10.1. The summed E-state index contributed by atoms with van der Waals surface area (Å²) in [6, 6.07) is 14.5. The standard InChI is InChI=1S/C14H13ClN2O/c1-10(11-3-2-4-12(15)9-11)17-18-14-7-5-13(16)6-8-14/h2-9H,16H2,1H3/b17-10+. The SMILES string of the molecule is C/C(=N\Oc1ccc(N)cc1)c1cccc(Cl)c1. The summed E-state index contributed by atoms with van der Waals surface area (Å²) in [6.07, 6.45) is 0. The van der Waals surface area contributed by atoms with Crippen molar-refractivity contribution in [3.63, 3.8) is 0 Å². The highest BCUT2D eigenvalue weighted by Gasteiger charge is 1.99. The van der Waals surface area contributed by atoms with Crippen LogP contribution in [0.1, 0.15) is 12.5 Å². The molecule has 0 atom stereocenters. The largest absolute Gasteiger partial charge is 0.399 e. The molecule has 2 N–H and O–H groups in total. The van der Waals surface area contributed by atoms with E-state index in [2.05, 4.69) is 5.16 Å². The van der Waals surface area contributed by atoms with Crippen LogP contribution in [0.3, 0.4) is 0 Å². The van der Waals surface area contributed by atoms with Crippen LogP contribution in [0.2, 0.25) is 5.02 Å². The normalized spacial score (nSPS) is 11.3. The van der Waals surface area contributed by atoms with Crippen molar-refractivity contribution < 1.29 is 4.84 Å². The fourth-order valence-corrected chi connectivity index (χ4v) is 1.61. The number of nitrogens with two attached hydrogens (primary N) is 1. The van der Waals surface area contributed by atoms with E-state index in [0.717, 1.165) is 11.3 Å². The van der Waals surface area contributed by atoms with E-state index < -0.39 is 0 Å². The summed E-state index contributed by atoms with van der Waals surface area (Å²) in [5, 5.41) is 4.73. The third-order valence-electron chi connectivity index (χ3n) is 2.41. The van der Waals surface area contributed by atoms with Gasteiger partial charge in [0.2, 0.25) is 0 Å². The summed E-state index contributed by atoms with van der Waals surface area (Å²) in [5.41, 5.74) is 7.96. The summed E-state index contributed by atoms with van der Waals surface area (Å²) < 4.78 is 0. The third-order valence-corrected chi connectivity index (χ3v) is 2.65. The van der Waals surface area contributed by atoms with Crippen molar-refractivity contribution in [3.05, 3.63) is 59.1 Å². The zero-order valence-electron chi connectivity index (χ0n) is 9.93. The molecule has 0 heterocycles. The molecule has 2 aromatic carbocycles. The van der Waals surface area contributed by atoms with Crippen molar-refractivity contribution in [1.29, 1.82) is 0 Å². The highest BCUT2D eigenvalue weighted by Crippen LogP contribution is 2.15. The second-order valence-electron chi connectivity index (χ2n) is 3.85. The first-order valence-corrected chi connectivity index (χ1v) is 5.86. The summed E-state index contributed by atoms with van der Waals surface area (Å²) in [6.45, 7) is 1.86. The number of anilines is 1. The zero-order valence-corrected chi connectivity index (χ0v) is 10.7. The van der Waals surface area contributed by atoms with Gasteiger partial charge in [-0.2, -0.15) is 0 Å². The average molecular weight is 261 g/mol. The van der Waals surface area contributed by atoms with Crippen LogP contribution >= 0.6 is 11.6 Å². The minimum Gasteiger partial charge on any atom is -0.399 e. The molecular formula is C14H13ClN2O. The van der Waals surface area contributed by atoms with Crippen LogP contribution in [-0.2, 0) is 0 Å². The molecule has 92 valence electrons. The van der Waals surface area contributed by atoms with Gasteiger partial charge in [0, 0.05) is 16.3 Å². The Morgan fingerprint density at radius 3 is 2.56 bits per heavy atom. The molecule has 0 aliphatic heterocycles. The Balaban J connectivity index is 2.11. The second kappa shape index (κ2) is 5.56. The van der Waals surface area contributed by atoms with Crippen LogP contribution in [0.25, 0.3) is 0 Å². The lowest BCUT2D eigenvalue weighted by Crippen LogP contribution is -1.97. The number of nitrogen functional groups attached to an aromatic ring is 1. The minimum absolute atomic E-state index is 0.644. The van der Waals surface area contributed by atoms with E-state index in [4.69, 9.17) is 22.2 Å². The third kappa shape index (κ3) is 3.25. The Kier molecular flexibility index (Phi) is 3.85. The maximum Gasteiger partial charge on any atom is 0.158 e. The number of nitrogens with zero attached hydrogens (tertiary/aromatic N) is 1. The quantitative estimate of drug-likeness (QED) is 0.519. The molecule has 0 spiro atoms. The van der Waals surface area contributed by atoms with Crippen LogP contribution < -0.4 is 10.6 Å². The van der Waals surface area contributed by atoms with Crippen molar-refractivity contribution in [1.82, 2.24) is 0 Å².